The molecule has 1 aromatic rings. The molecule has 2 unspecified atom stereocenters. The molecular formula is C15H19FO3. The van der Waals surface area contributed by atoms with E-state index in [9.17, 15) is 9.18 Å². The SMILES string of the molecule is CCC1CCCC(Oc2c(F)cccc2C(=O)O)C1. The van der Waals surface area contributed by atoms with E-state index in [2.05, 4.69) is 6.92 Å². The maximum Gasteiger partial charge on any atom is 0.339 e. The highest BCUT2D eigenvalue weighted by molar-refractivity contribution is 5.90. The number of ether oxygens (including phenoxy) is 1. The second-order valence-corrected chi connectivity index (χ2v) is 5.10. The zero-order chi connectivity index (χ0) is 13.8. The minimum absolute atomic E-state index is 0.0753. The highest BCUT2D eigenvalue weighted by Gasteiger charge is 2.25. The normalized spacial score (nSPS) is 23.1. The summed E-state index contributed by atoms with van der Waals surface area (Å²) in [5, 5.41) is 9.07. The Bertz CT molecular complexity index is 459. The van der Waals surface area contributed by atoms with Crippen LogP contribution < -0.4 is 4.74 Å². The van der Waals surface area contributed by atoms with Crippen LogP contribution in [-0.2, 0) is 0 Å². The topological polar surface area (TPSA) is 46.5 Å². The van der Waals surface area contributed by atoms with Crippen LogP contribution in [0.2, 0.25) is 0 Å². The van der Waals surface area contributed by atoms with Gasteiger partial charge in [0.1, 0.15) is 5.56 Å². The fraction of sp³-hybridized carbons (Fsp3) is 0.533. The first-order chi connectivity index (χ1) is 9.11. The molecule has 19 heavy (non-hydrogen) atoms. The third-order valence-corrected chi connectivity index (χ3v) is 3.79. The molecule has 1 fully saturated rings. The van der Waals surface area contributed by atoms with Crippen molar-refractivity contribution < 1.29 is 19.0 Å². The Morgan fingerprint density at radius 2 is 2.26 bits per heavy atom. The van der Waals surface area contributed by atoms with Crippen molar-refractivity contribution in [1.82, 2.24) is 0 Å². The molecule has 1 N–H and O–H groups in total. The van der Waals surface area contributed by atoms with Crippen LogP contribution in [0.1, 0.15) is 49.4 Å². The van der Waals surface area contributed by atoms with Gasteiger partial charge in [0.05, 0.1) is 6.10 Å². The Balaban J connectivity index is 2.16. The number of carboxylic acids is 1. The van der Waals surface area contributed by atoms with Crippen molar-refractivity contribution in [2.24, 2.45) is 5.92 Å². The molecule has 104 valence electrons. The van der Waals surface area contributed by atoms with E-state index in [1.54, 1.807) is 0 Å². The first-order valence-corrected chi connectivity index (χ1v) is 6.80. The number of hydrogen-bond acceptors (Lipinski definition) is 2. The molecule has 1 saturated carbocycles. The fourth-order valence-corrected chi connectivity index (χ4v) is 2.68. The maximum absolute atomic E-state index is 13.8. The number of benzene rings is 1. The zero-order valence-electron chi connectivity index (χ0n) is 11.1. The van der Waals surface area contributed by atoms with E-state index >= 15 is 0 Å². The average molecular weight is 266 g/mol. The lowest BCUT2D eigenvalue weighted by Gasteiger charge is -2.29. The Kier molecular flexibility index (Phi) is 4.40. The van der Waals surface area contributed by atoms with E-state index in [0.29, 0.717) is 5.92 Å². The van der Waals surface area contributed by atoms with Gasteiger partial charge in [-0.25, -0.2) is 9.18 Å². The lowest BCUT2D eigenvalue weighted by atomic mass is 9.85. The van der Waals surface area contributed by atoms with Crippen molar-refractivity contribution in [1.29, 1.82) is 0 Å². The smallest absolute Gasteiger partial charge is 0.339 e. The minimum Gasteiger partial charge on any atom is -0.486 e. The summed E-state index contributed by atoms with van der Waals surface area (Å²) < 4.78 is 19.4. The highest BCUT2D eigenvalue weighted by Crippen LogP contribution is 2.32. The molecule has 1 aliphatic rings. The molecule has 1 aromatic carbocycles. The van der Waals surface area contributed by atoms with Crippen molar-refractivity contribution >= 4 is 5.97 Å². The average Bonchev–Trinajstić information content (AvgIpc) is 2.41. The molecule has 4 heteroatoms. The number of aromatic carboxylic acids is 1. The number of hydrogen-bond donors (Lipinski definition) is 1. The van der Waals surface area contributed by atoms with Gasteiger partial charge in [0.2, 0.25) is 0 Å². The minimum atomic E-state index is -1.16. The fourth-order valence-electron chi connectivity index (χ4n) is 2.68. The largest absolute Gasteiger partial charge is 0.486 e. The predicted octanol–water partition coefficient (Wildman–Crippen LogP) is 3.87. The van der Waals surface area contributed by atoms with Crippen LogP contribution in [0.4, 0.5) is 4.39 Å². The summed E-state index contributed by atoms with van der Waals surface area (Å²) in [6.07, 6.45) is 4.99. The van der Waals surface area contributed by atoms with E-state index in [-0.39, 0.29) is 17.4 Å². The Morgan fingerprint density at radius 1 is 1.47 bits per heavy atom. The molecule has 2 rings (SSSR count). The summed E-state index contributed by atoms with van der Waals surface area (Å²) in [5.41, 5.74) is -0.0985. The van der Waals surface area contributed by atoms with Crippen LogP contribution in [0.3, 0.4) is 0 Å². The molecule has 0 aromatic heterocycles. The third-order valence-electron chi connectivity index (χ3n) is 3.79. The van der Waals surface area contributed by atoms with Crippen molar-refractivity contribution in [2.45, 2.75) is 45.1 Å². The molecule has 3 nitrogen and oxygen atoms in total. The molecule has 0 saturated heterocycles. The first kappa shape index (κ1) is 13.8. The van der Waals surface area contributed by atoms with Crippen molar-refractivity contribution in [3.8, 4) is 5.75 Å². The Morgan fingerprint density at radius 3 is 2.95 bits per heavy atom. The quantitative estimate of drug-likeness (QED) is 0.899. The van der Waals surface area contributed by atoms with Crippen LogP contribution in [0.15, 0.2) is 18.2 Å². The van der Waals surface area contributed by atoms with Crippen molar-refractivity contribution in [2.75, 3.05) is 0 Å². The number of carboxylic acid groups (broad SMARTS) is 1. The molecule has 0 amide bonds. The first-order valence-electron chi connectivity index (χ1n) is 6.80. The monoisotopic (exact) mass is 266 g/mol. The van der Waals surface area contributed by atoms with Crippen LogP contribution in [0.5, 0.6) is 5.75 Å². The van der Waals surface area contributed by atoms with Crippen LogP contribution in [-0.4, -0.2) is 17.2 Å². The number of carbonyl (C=O) groups is 1. The second kappa shape index (κ2) is 6.04. The van der Waals surface area contributed by atoms with Gasteiger partial charge >= 0.3 is 5.97 Å². The van der Waals surface area contributed by atoms with Crippen LogP contribution >= 0.6 is 0 Å². The Labute approximate surface area is 112 Å². The molecule has 0 spiro atoms. The highest BCUT2D eigenvalue weighted by atomic mass is 19.1. The van der Waals surface area contributed by atoms with Gasteiger partial charge < -0.3 is 9.84 Å². The van der Waals surface area contributed by atoms with Gasteiger partial charge in [-0.1, -0.05) is 25.8 Å². The molecular weight excluding hydrogens is 247 g/mol. The van der Waals surface area contributed by atoms with Crippen molar-refractivity contribution in [3.63, 3.8) is 0 Å². The number of para-hydroxylation sites is 1. The zero-order valence-corrected chi connectivity index (χ0v) is 11.1. The molecule has 0 bridgehead atoms. The summed E-state index contributed by atoms with van der Waals surface area (Å²) >= 11 is 0. The van der Waals surface area contributed by atoms with Crippen molar-refractivity contribution in [3.05, 3.63) is 29.6 Å². The van der Waals surface area contributed by atoms with E-state index < -0.39 is 11.8 Å². The lowest BCUT2D eigenvalue weighted by Crippen LogP contribution is -2.26. The van der Waals surface area contributed by atoms with E-state index in [0.717, 1.165) is 25.7 Å². The van der Waals surface area contributed by atoms with Crippen LogP contribution in [0, 0.1) is 11.7 Å². The molecule has 2 atom stereocenters. The molecule has 0 radical (unpaired) electrons. The maximum atomic E-state index is 13.8. The van der Waals surface area contributed by atoms with Gasteiger partial charge in [-0.15, -0.1) is 0 Å². The molecule has 0 aliphatic heterocycles. The number of halogens is 1. The summed E-state index contributed by atoms with van der Waals surface area (Å²) in [6, 6.07) is 4.00. The molecule has 0 heterocycles. The third kappa shape index (κ3) is 3.25. The standard InChI is InChI=1S/C15H19FO3/c1-2-10-5-3-6-11(9-10)19-14-12(15(17)18)7-4-8-13(14)16/h4,7-8,10-11H,2-3,5-6,9H2,1H3,(H,17,18). The lowest BCUT2D eigenvalue weighted by molar-refractivity contribution is 0.0678. The summed E-state index contributed by atoms with van der Waals surface area (Å²) in [7, 11) is 0. The summed E-state index contributed by atoms with van der Waals surface area (Å²) in [5.74, 6) is -1.27. The van der Waals surface area contributed by atoms with Crippen LogP contribution in [0.25, 0.3) is 0 Å². The predicted molar refractivity (Wildman–Crippen MR) is 70.0 cm³/mol. The van der Waals surface area contributed by atoms with Gasteiger partial charge in [0.15, 0.2) is 11.6 Å². The summed E-state index contributed by atoms with van der Waals surface area (Å²) in [4.78, 5) is 11.1. The Hall–Kier alpha value is -1.58. The van der Waals surface area contributed by atoms with Gasteiger partial charge in [0, 0.05) is 0 Å². The molecule has 1 aliphatic carbocycles. The number of rotatable bonds is 4. The van der Waals surface area contributed by atoms with Gasteiger partial charge in [-0.3, -0.25) is 0 Å². The second-order valence-electron chi connectivity index (χ2n) is 5.10. The van der Waals surface area contributed by atoms with Gasteiger partial charge in [0.25, 0.3) is 0 Å². The van der Waals surface area contributed by atoms with E-state index in [4.69, 9.17) is 9.84 Å². The van der Waals surface area contributed by atoms with E-state index in [1.165, 1.54) is 24.6 Å². The summed E-state index contributed by atoms with van der Waals surface area (Å²) in [6.45, 7) is 2.14. The van der Waals surface area contributed by atoms with Gasteiger partial charge in [-0.05, 0) is 37.3 Å². The van der Waals surface area contributed by atoms with E-state index in [1.807, 2.05) is 0 Å². The van der Waals surface area contributed by atoms with Gasteiger partial charge in [-0.2, -0.15) is 0 Å².